The van der Waals surface area contributed by atoms with Crippen LogP contribution >= 0.6 is 71.5 Å². The largest absolute Gasteiger partial charge is 0.498 e. The molecule has 21 aliphatic heterocycles. The first kappa shape index (κ1) is 131. The van der Waals surface area contributed by atoms with E-state index < -0.39 is 31.6 Å². The van der Waals surface area contributed by atoms with Gasteiger partial charge >= 0.3 is 23.8 Å². The van der Waals surface area contributed by atoms with Crippen molar-refractivity contribution in [3.63, 3.8) is 0 Å². The lowest BCUT2D eigenvalue weighted by atomic mass is 10.2. The summed E-state index contributed by atoms with van der Waals surface area (Å²) in [6.07, 6.45) is 27.0. The van der Waals surface area contributed by atoms with Crippen molar-refractivity contribution in [2.75, 3.05) is 243 Å². The number of carbonyl (C=O) groups excluding carboxylic acids is 14. The van der Waals surface area contributed by atoms with E-state index in [2.05, 4.69) is 184 Å². The predicted octanol–water partition coefficient (Wildman–Crippen LogP) is -6.42. The molecule has 22 heterocycles. The number of ether oxygens (including phenoxy) is 5. The Morgan fingerprint density at radius 3 is 1.31 bits per heavy atom. The molecule has 0 atom stereocenters. The Hall–Kier alpha value is -12.1. The first-order chi connectivity index (χ1) is 69.9. The summed E-state index contributed by atoms with van der Waals surface area (Å²) in [5, 5.41) is 55.4. The van der Waals surface area contributed by atoms with Crippen LogP contribution < -0.4 is 133 Å². The van der Waals surface area contributed by atoms with Gasteiger partial charge < -0.3 is 130 Å². The molecule has 13 fully saturated rings. The molecule has 1 aromatic heterocycles. The number of thiocarbonyl (C=S) groups is 2. The zero-order valence-electron chi connectivity index (χ0n) is 80.6. The summed E-state index contributed by atoms with van der Waals surface area (Å²) in [6, 6.07) is 0.793. The number of hydrogen-bond donors (Lipinski definition) is 25. The van der Waals surface area contributed by atoms with Crippen LogP contribution in [-0.4, -0.2) is 398 Å². The van der Waals surface area contributed by atoms with Crippen LogP contribution in [0.4, 0.5) is 19.2 Å². The van der Waals surface area contributed by atoms with Gasteiger partial charge in [-0.05, 0) is 112 Å². The maximum absolute atomic E-state index is 10.6. The minimum Gasteiger partial charge on any atom is -0.498 e. The molecular formula is C81H139N31O25S8. The molecule has 26 N–H and O–H groups in total. The number of sulfonamides is 1. The van der Waals surface area contributed by atoms with Gasteiger partial charge in [0.05, 0.1) is 112 Å². The lowest BCUT2D eigenvalue weighted by Crippen LogP contribution is -2.48. The minimum atomic E-state index is -2.83. The molecule has 145 heavy (non-hydrogen) atoms. The summed E-state index contributed by atoms with van der Waals surface area (Å²) >= 11 is 15.9. The number of nitrogens with zero attached hydrogens (tertiary/aromatic N) is 6. The quantitative estimate of drug-likeness (QED) is 0.0848. The number of H-pyrrole nitrogens is 2. The highest BCUT2D eigenvalue weighted by atomic mass is 32.2. The first-order valence-electron chi connectivity index (χ1n) is 46.0. The zero-order valence-corrected chi connectivity index (χ0v) is 87.2. The number of imide groups is 2. The van der Waals surface area contributed by atoms with Gasteiger partial charge in [0.2, 0.25) is 63.2 Å². The van der Waals surface area contributed by atoms with Crippen LogP contribution in [0.15, 0.2) is 76.7 Å². The number of aliphatic imine (C=N–C) groups is 6. The molecule has 13 saturated heterocycles. The van der Waals surface area contributed by atoms with Crippen LogP contribution in [0.2, 0.25) is 0 Å². The molecule has 0 aromatic carbocycles. The maximum atomic E-state index is 10.6. The van der Waals surface area contributed by atoms with Gasteiger partial charge in [-0.2, -0.15) is 11.8 Å². The molecule has 16 amide bonds. The number of piperidine rings is 1. The molecule has 0 saturated carbocycles. The van der Waals surface area contributed by atoms with Gasteiger partial charge in [0, 0.05) is 148 Å². The number of sulfone groups is 1. The first-order valence-corrected chi connectivity index (χ1v) is 54.5. The minimum absolute atomic E-state index is 0.00810. The summed E-state index contributed by atoms with van der Waals surface area (Å²) in [5.41, 5.74) is 8.06. The maximum Gasteiger partial charge on any atom is 0.407 e. The lowest BCUT2D eigenvalue weighted by molar-refractivity contribution is -0.130. The Bertz CT molecular complexity index is 4110. The highest BCUT2D eigenvalue weighted by Gasteiger charge is 2.19. The standard InChI is InChI=1S/C5H10N2.C5H9NO.C5H9NS.C4H6N2O2.C4H4N2O2.2C4H9NO2S.C4H7NO2.C4H5NO2.2C4H7NO.C4H8S.C3H5N3O.C3H4N2O2.C3H4N2OS.C3H6N2O.C3H6N2S.C3H6N2.C3H3NO2S.C3H5NO2.C3H5NO.C3H5NS/c1-2-4-7-5-6-3-1;7-5-3-1-2-4-6-5;1-2-4-7-5-6-3-1;7-3-1-5-4(8)2-6-3;7-3-1-2-5-4(8)6-3;6-8(7)3-1-5-2-4-8;6-8(7)4-2-1-3-5-8;2*6-4-3-7-2-1-5-4;1-3-6-4-2-5-1;6-4-2-1-3-5-4;1-2-4-5-3-1;4-3-5-1-2(7)6-3;2*6-2-1-4-3(7)5-2;2*6-3-4-1-2-5-3;1-2-5-3-4-1;5-2-1-7-3(6)4-2;5-3-4-1-2-6-3;2*1-2-5-3-4-1/h5H,1-4H2,(H,6,7);1-4H2,(H,6,7);5H,1-4H2;1-2H2,(H,5,8)(H,6,7);1-2H,(H2,5,6,7,8);2*5H,1-4H2;1-3H2,(H,5,6);1-2H,3H2,(H,5,6);1,3,5H,2,4H2;1-3H2,(H,5,6);1-4H2;1H2,(H3,4,5,6,7);2*1H2,(H2,4,5,6,7);2*1-2H2,(H2,4,5,6);3H,1-2H2,(H,4,5);1H2,(H,4,5,6);1-2H2,(H,4,5);2*3H,1-2H2. The second kappa shape index (κ2) is 90.7. The van der Waals surface area contributed by atoms with E-state index in [0.29, 0.717) is 80.6 Å². The number of aromatic amines is 2. The number of morpholine rings is 1. The molecule has 22 rings (SSSR count). The van der Waals surface area contributed by atoms with E-state index in [1.165, 1.54) is 92.7 Å². The Morgan fingerprint density at radius 2 is 1.02 bits per heavy atom. The van der Waals surface area contributed by atoms with Crippen molar-refractivity contribution >= 4 is 220 Å². The number of thioether (sulfide) groups is 4. The molecule has 21 aliphatic rings. The number of cyclic esters (lactones) is 1. The fourth-order valence-electron chi connectivity index (χ4n) is 9.90. The predicted molar refractivity (Wildman–Crippen MR) is 564 cm³/mol. The Labute approximate surface area is 868 Å². The third-order valence-electron chi connectivity index (χ3n) is 17.0. The molecule has 0 radical (unpaired) electrons. The number of hydrogen-bond acceptors (Lipinski definition) is 42. The molecule has 56 nitrogen and oxygen atoms in total. The second-order valence-electron chi connectivity index (χ2n) is 29.3. The van der Waals surface area contributed by atoms with Crippen molar-refractivity contribution in [3.05, 3.63) is 58.0 Å². The normalized spacial score (nSPS) is 20.2. The van der Waals surface area contributed by atoms with Crippen molar-refractivity contribution in [1.82, 2.24) is 126 Å². The third kappa shape index (κ3) is 91.6. The van der Waals surface area contributed by atoms with Crippen molar-refractivity contribution in [3.8, 4) is 0 Å². The average molecular weight is 2200 g/mol. The molecule has 64 heteroatoms. The van der Waals surface area contributed by atoms with Gasteiger partial charge in [-0.25, -0.2) is 45.7 Å². The highest BCUT2D eigenvalue weighted by Crippen LogP contribution is 2.15. The van der Waals surface area contributed by atoms with Crippen molar-refractivity contribution in [2.24, 2.45) is 35.7 Å². The molecule has 0 aliphatic carbocycles. The number of amides is 16. The number of nitrogens with one attached hydrogen (secondary N) is 24. The van der Waals surface area contributed by atoms with Gasteiger partial charge in [0.15, 0.2) is 39.0 Å². The van der Waals surface area contributed by atoms with Crippen molar-refractivity contribution < 1.29 is 108 Å². The fourth-order valence-corrected chi connectivity index (χ4v) is 15.3. The van der Waals surface area contributed by atoms with Gasteiger partial charge in [0.1, 0.15) is 33.0 Å². The summed E-state index contributed by atoms with van der Waals surface area (Å²) in [7, 11) is -5.48. The second-order valence-corrected chi connectivity index (χ2v) is 38.4. The van der Waals surface area contributed by atoms with E-state index in [1.807, 2.05) is 33.2 Å². The molecule has 0 bridgehead atoms. The van der Waals surface area contributed by atoms with E-state index in [0.717, 1.165) is 167 Å². The Balaban J connectivity index is 0.000000760. The van der Waals surface area contributed by atoms with Crippen LogP contribution in [0.25, 0.3) is 0 Å². The zero-order chi connectivity index (χ0) is 106. The summed E-state index contributed by atoms with van der Waals surface area (Å²) in [4.78, 5) is 190. The van der Waals surface area contributed by atoms with E-state index in [-0.39, 0.29) is 127 Å². The Morgan fingerprint density at radius 1 is 0.407 bits per heavy atom. The lowest BCUT2D eigenvalue weighted by Gasteiger charge is -2.10. The molecule has 0 unspecified atom stereocenters. The number of piperazine rings is 1. The van der Waals surface area contributed by atoms with Crippen molar-refractivity contribution in [2.45, 2.75) is 83.5 Å². The summed E-state index contributed by atoms with van der Waals surface area (Å²) < 4.78 is 68.0. The smallest absolute Gasteiger partial charge is 0.407 e. The van der Waals surface area contributed by atoms with Gasteiger partial charge in [-0.15, -0.1) is 23.5 Å². The number of urea groups is 2. The number of guanidine groups is 1. The topological polar surface area (TPSA) is 784 Å². The molecular weight excluding hydrogens is 2060 g/mol. The molecule has 816 valence electrons. The third-order valence-corrected chi connectivity index (χ3v) is 24.1. The van der Waals surface area contributed by atoms with E-state index in [4.69, 9.17) is 27.4 Å². The Kier molecular flexibility index (Phi) is 81.9. The highest BCUT2D eigenvalue weighted by molar-refractivity contribution is 8.14. The average Bonchev–Trinajstić information content (AvgIpc) is 1.09. The van der Waals surface area contributed by atoms with E-state index in [9.17, 15) is 93.5 Å². The number of rotatable bonds is 0. The van der Waals surface area contributed by atoms with Crippen LogP contribution in [0, 0.1) is 0 Å². The SMILES string of the molecule is C1=COCCN1.C1=NCCCCN1.C1=NCCCCS1.C1=NCCN1.C1=NCCO1.C1=NCCS1.C1CCSC1.NC1=NCC(=O)N1.O=C1CCCCN1.O=C1CCCN1.O=C1CNC(=O)CN1.O=C1CNC(=O)N1.O=C1CNC(=S)N1.O=C1COC=CN1.O=C1COCCN1.O=C1CSC(=O)N1.O=C1NCCN1.O=C1NCCO1.O=S1(=O)CCCCN1.O=S1(=O)CCNCC1.O=c1cc[nH]c(=O)[nH]1.S=C1NCCN1. The van der Waals surface area contributed by atoms with Crippen LogP contribution in [0.1, 0.15) is 83.5 Å². The monoisotopic (exact) mass is 2200 g/mol. The number of nitrogens with two attached hydrogens (primary N) is 1. The number of carbonyl (C=O) groups is 14. The van der Waals surface area contributed by atoms with Crippen LogP contribution in [0.5, 0.6) is 0 Å². The number of alkyl carbamates (subject to hydrolysis) is 1. The fraction of sp³-hybridized carbons (Fsp3) is 0.630. The van der Waals surface area contributed by atoms with Gasteiger partial charge in [-0.3, -0.25) is 103 Å². The van der Waals surface area contributed by atoms with Crippen LogP contribution in [-0.2, 0) is 91.5 Å². The summed E-state index contributed by atoms with van der Waals surface area (Å²) in [5.74, 6) is 6.20. The molecule has 0 spiro atoms. The van der Waals surface area contributed by atoms with E-state index >= 15 is 0 Å². The van der Waals surface area contributed by atoms with Crippen molar-refractivity contribution in [1.29, 1.82) is 0 Å². The number of aromatic nitrogens is 2. The van der Waals surface area contributed by atoms with Gasteiger partial charge in [0.25, 0.3) is 16.7 Å². The molecule has 1 aromatic rings. The van der Waals surface area contributed by atoms with Crippen LogP contribution in [0.3, 0.4) is 0 Å². The van der Waals surface area contributed by atoms with E-state index in [1.54, 1.807) is 36.9 Å². The van der Waals surface area contributed by atoms with Gasteiger partial charge in [-0.1, -0.05) is 11.8 Å². The summed E-state index contributed by atoms with van der Waals surface area (Å²) in [6.45, 7) is 20.5.